The summed E-state index contributed by atoms with van der Waals surface area (Å²) in [6.45, 7) is 0. The van der Waals surface area contributed by atoms with Crippen LogP contribution in [0.25, 0.3) is 0 Å². The first-order valence-corrected chi connectivity index (χ1v) is 8.81. The highest BCUT2D eigenvalue weighted by Gasteiger charge is 2.40. The molecule has 0 aromatic heterocycles. The Morgan fingerprint density at radius 1 is 1.39 bits per heavy atom. The first-order chi connectivity index (χ1) is 10.8. The SMILES string of the molecule is COC(=O)C(NS(=O)(=O)c1ccc2c(c1)CC(=O)N2C)C1CC1. The average Bonchev–Trinajstić information content (AvgIpc) is 3.31. The van der Waals surface area contributed by atoms with Gasteiger partial charge in [-0.05, 0) is 42.5 Å². The first-order valence-electron chi connectivity index (χ1n) is 7.33. The standard InChI is InChI=1S/C15H18N2O5S/c1-17-12-6-5-11(7-10(12)8-13(17)18)23(20,21)16-14(9-3-4-9)15(19)22-2/h5-7,9,14,16H,3-4,8H2,1-2H3. The van der Waals surface area contributed by atoms with Gasteiger partial charge in [0.15, 0.2) is 0 Å². The lowest BCUT2D eigenvalue weighted by Crippen LogP contribution is -2.43. The fourth-order valence-corrected chi connectivity index (χ4v) is 4.05. The summed E-state index contributed by atoms with van der Waals surface area (Å²) >= 11 is 0. The number of hydrogen-bond donors (Lipinski definition) is 1. The number of anilines is 1. The zero-order chi connectivity index (χ0) is 16.8. The van der Waals surface area contributed by atoms with Crippen molar-refractivity contribution >= 4 is 27.6 Å². The lowest BCUT2D eigenvalue weighted by molar-refractivity contribution is -0.143. The fraction of sp³-hybridized carbons (Fsp3) is 0.467. The Bertz CT molecular complexity index is 770. The molecule has 1 aliphatic heterocycles. The van der Waals surface area contributed by atoms with Gasteiger partial charge in [0, 0.05) is 12.7 Å². The number of esters is 1. The molecule has 1 amide bonds. The molecular weight excluding hydrogens is 320 g/mol. The van der Waals surface area contributed by atoms with E-state index in [1.807, 2.05) is 0 Å². The number of ether oxygens (including phenoxy) is 1. The Hall–Kier alpha value is -1.93. The van der Waals surface area contributed by atoms with Crippen molar-refractivity contribution in [3.8, 4) is 0 Å². The Labute approximate surface area is 134 Å². The lowest BCUT2D eigenvalue weighted by Gasteiger charge is -2.16. The molecule has 2 aliphatic rings. The van der Waals surface area contributed by atoms with Crippen LogP contribution in [0.5, 0.6) is 0 Å². The number of carbonyl (C=O) groups is 2. The van der Waals surface area contributed by atoms with Crippen molar-refractivity contribution in [3.05, 3.63) is 23.8 Å². The molecule has 8 heteroatoms. The number of benzene rings is 1. The van der Waals surface area contributed by atoms with Crippen LogP contribution in [0.2, 0.25) is 0 Å². The number of sulfonamides is 1. The molecule has 0 radical (unpaired) electrons. The van der Waals surface area contributed by atoms with Gasteiger partial charge in [0.05, 0.1) is 18.4 Å². The summed E-state index contributed by atoms with van der Waals surface area (Å²) in [6, 6.07) is 3.68. The highest BCUT2D eigenvalue weighted by Crippen LogP contribution is 2.34. The Morgan fingerprint density at radius 2 is 2.09 bits per heavy atom. The minimum atomic E-state index is -3.86. The van der Waals surface area contributed by atoms with Crippen LogP contribution in [-0.2, 0) is 30.8 Å². The van der Waals surface area contributed by atoms with Crippen molar-refractivity contribution in [1.82, 2.24) is 4.72 Å². The largest absolute Gasteiger partial charge is 0.468 e. The summed E-state index contributed by atoms with van der Waals surface area (Å²) in [4.78, 5) is 25.0. The summed E-state index contributed by atoms with van der Waals surface area (Å²) in [5, 5.41) is 0. The summed E-state index contributed by atoms with van der Waals surface area (Å²) in [5.41, 5.74) is 1.38. The maximum Gasteiger partial charge on any atom is 0.324 e. The van der Waals surface area contributed by atoms with E-state index in [-0.39, 0.29) is 23.1 Å². The summed E-state index contributed by atoms with van der Waals surface area (Å²) in [6.07, 6.45) is 1.77. The number of carbonyl (C=O) groups excluding carboxylic acids is 2. The Morgan fingerprint density at radius 3 is 2.70 bits per heavy atom. The number of methoxy groups -OCH3 is 1. The van der Waals surface area contributed by atoms with E-state index in [1.54, 1.807) is 13.1 Å². The second kappa shape index (κ2) is 5.61. The minimum absolute atomic E-state index is 0.0145. The van der Waals surface area contributed by atoms with Gasteiger partial charge in [-0.1, -0.05) is 0 Å². The van der Waals surface area contributed by atoms with Crippen LogP contribution in [0.1, 0.15) is 18.4 Å². The van der Waals surface area contributed by atoms with Gasteiger partial charge in [-0.2, -0.15) is 4.72 Å². The van der Waals surface area contributed by atoms with Crippen molar-refractivity contribution in [2.24, 2.45) is 5.92 Å². The molecule has 7 nitrogen and oxygen atoms in total. The van der Waals surface area contributed by atoms with Crippen LogP contribution in [0.4, 0.5) is 5.69 Å². The number of rotatable bonds is 5. The van der Waals surface area contributed by atoms with E-state index in [4.69, 9.17) is 0 Å². The van der Waals surface area contributed by atoms with Gasteiger partial charge in [0.2, 0.25) is 15.9 Å². The highest BCUT2D eigenvalue weighted by molar-refractivity contribution is 7.89. The van der Waals surface area contributed by atoms with E-state index in [9.17, 15) is 18.0 Å². The van der Waals surface area contributed by atoms with Gasteiger partial charge < -0.3 is 9.64 Å². The van der Waals surface area contributed by atoms with Gasteiger partial charge in [-0.25, -0.2) is 8.42 Å². The molecular formula is C15H18N2O5S. The maximum atomic E-state index is 12.5. The Balaban J connectivity index is 1.87. The second-order valence-corrected chi connectivity index (χ2v) is 7.59. The van der Waals surface area contributed by atoms with E-state index >= 15 is 0 Å². The quantitative estimate of drug-likeness (QED) is 0.786. The number of fused-ring (bicyclic) bond motifs is 1. The predicted molar refractivity (Wildman–Crippen MR) is 82.4 cm³/mol. The van der Waals surface area contributed by atoms with Crippen molar-refractivity contribution < 1.29 is 22.7 Å². The molecule has 23 heavy (non-hydrogen) atoms. The van der Waals surface area contributed by atoms with Crippen LogP contribution in [0.15, 0.2) is 23.1 Å². The van der Waals surface area contributed by atoms with Crippen LogP contribution < -0.4 is 9.62 Å². The molecule has 1 aliphatic carbocycles. The van der Waals surface area contributed by atoms with E-state index < -0.39 is 22.0 Å². The van der Waals surface area contributed by atoms with Crippen LogP contribution in [0, 0.1) is 5.92 Å². The molecule has 1 N–H and O–H groups in total. The molecule has 1 unspecified atom stereocenters. The van der Waals surface area contributed by atoms with E-state index in [2.05, 4.69) is 9.46 Å². The molecule has 1 fully saturated rings. The van der Waals surface area contributed by atoms with Gasteiger partial charge in [-0.15, -0.1) is 0 Å². The van der Waals surface area contributed by atoms with Gasteiger partial charge in [0.1, 0.15) is 6.04 Å². The van der Waals surface area contributed by atoms with E-state index in [1.165, 1.54) is 24.1 Å². The van der Waals surface area contributed by atoms with Crippen molar-refractivity contribution in [3.63, 3.8) is 0 Å². The number of amides is 1. The van der Waals surface area contributed by atoms with Gasteiger partial charge >= 0.3 is 5.97 Å². The van der Waals surface area contributed by atoms with Gasteiger partial charge in [-0.3, -0.25) is 9.59 Å². The first kappa shape index (κ1) is 15.9. The Kier molecular flexibility index (Phi) is 3.89. The van der Waals surface area contributed by atoms with E-state index in [0.29, 0.717) is 11.3 Å². The average molecular weight is 338 g/mol. The fourth-order valence-electron chi connectivity index (χ4n) is 2.74. The number of nitrogens with one attached hydrogen (secondary N) is 1. The van der Waals surface area contributed by atoms with Crippen molar-refractivity contribution in [2.45, 2.75) is 30.2 Å². The zero-order valence-corrected chi connectivity index (χ0v) is 13.7. The molecule has 3 rings (SSSR count). The van der Waals surface area contributed by atoms with Crippen LogP contribution >= 0.6 is 0 Å². The highest BCUT2D eigenvalue weighted by atomic mass is 32.2. The normalized spacial score (nSPS) is 18.7. The molecule has 1 aromatic rings. The molecule has 0 bridgehead atoms. The lowest BCUT2D eigenvalue weighted by atomic mass is 10.2. The number of nitrogens with zero attached hydrogens (tertiary/aromatic N) is 1. The molecule has 124 valence electrons. The van der Waals surface area contributed by atoms with Crippen molar-refractivity contribution in [2.75, 3.05) is 19.1 Å². The maximum absolute atomic E-state index is 12.5. The molecule has 1 saturated carbocycles. The summed E-state index contributed by atoms with van der Waals surface area (Å²) in [7, 11) is -0.964. The molecule has 1 atom stereocenters. The monoisotopic (exact) mass is 338 g/mol. The van der Waals surface area contributed by atoms with Crippen LogP contribution in [-0.4, -0.2) is 40.5 Å². The second-order valence-electron chi connectivity index (χ2n) is 5.88. The van der Waals surface area contributed by atoms with Crippen molar-refractivity contribution in [1.29, 1.82) is 0 Å². The molecule has 1 heterocycles. The zero-order valence-electron chi connectivity index (χ0n) is 12.9. The molecule has 0 saturated heterocycles. The topological polar surface area (TPSA) is 92.8 Å². The summed E-state index contributed by atoms with van der Waals surface area (Å²) in [5.74, 6) is -0.667. The van der Waals surface area contributed by atoms with E-state index in [0.717, 1.165) is 12.8 Å². The molecule has 0 spiro atoms. The number of hydrogen-bond acceptors (Lipinski definition) is 5. The minimum Gasteiger partial charge on any atom is -0.468 e. The third-order valence-corrected chi connectivity index (χ3v) is 5.71. The third kappa shape index (κ3) is 2.96. The van der Waals surface area contributed by atoms with Gasteiger partial charge in [0.25, 0.3) is 0 Å². The smallest absolute Gasteiger partial charge is 0.324 e. The summed E-state index contributed by atoms with van der Waals surface area (Å²) < 4.78 is 32.2. The number of likely N-dealkylation sites (N-methyl/N-ethyl adjacent to an activating group) is 1. The molecule has 1 aromatic carbocycles. The predicted octanol–water partition coefficient (Wildman–Crippen LogP) is 0.435. The van der Waals surface area contributed by atoms with Crippen LogP contribution in [0.3, 0.4) is 0 Å². The third-order valence-electron chi connectivity index (χ3n) is 4.27.